The Hall–Kier alpha value is -2.49. The number of rotatable bonds is 4. The van der Waals surface area contributed by atoms with E-state index in [1.54, 1.807) is 14.2 Å². The van der Waals surface area contributed by atoms with Crippen LogP contribution in [0.15, 0.2) is 42.5 Å². The minimum Gasteiger partial charge on any atom is -0.497 e. The second kappa shape index (κ2) is 6.10. The lowest BCUT2D eigenvalue weighted by atomic mass is 10.1. The van der Waals surface area contributed by atoms with Crippen molar-refractivity contribution < 1.29 is 9.53 Å². The summed E-state index contributed by atoms with van der Waals surface area (Å²) < 4.78 is 5.09. The van der Waals surface area contributed by atoms with Gasteiger partial charge in [-0.15, -0.1) is 0 Å². The van der Waals surface area contributed by atoms with E-state index in [1.807, 2.05) is 49.4 Å². The molecule has 0 bridgehead atoms. The molecule has 2 aromatic carbocycles. The minimum absolute atomic E-state index is 0.136. The first-order valence-electron chi connectivity index (χ1n) is 6.38. The summed E-state index contributed by atoms with van der Waals surface area (Å²) in [6.45, 7) is 1.96. The van der Waals surface area contributed by atoms with Gasteiger partial charge in [0.15, 0.2) is 0 Å². The third-order valence-electron chi connectivity index (χ3n) is 3.04. The molecule has 0 atom stereocenters. The molecule has 2 N–H and O–H groups in total. The number of aryl methyl sites for hydroxylation is 1. The molecule has 0 aliphatic heterocycles. The number of carbonyl (C=O) groups excluding carboxylic acids is 1. The van der Waals surface area contributed by atoms with Crippen LogP contribution >= 0.6 is 0 Å². The van der Waals surface area contributed by atoms with Crippen molar-refractivity contribution in [2.75, 3.05) is 24.8 Å². The zero-order valence-corrected chi connectivity index (χ0v) is 11.9. The van der Waals surface area contributed by atoms with E-state index in [0.717, 1.165) is 22.7 Å². The van der Waals surface area contributed by atoms with Crippen molar-refractivity contribution in [1.82, 2.24) is 0 Å². The molecule has 4 heteroatoms. The fraction of sp³-hybridized carbons (Fsp3) is 0.188. The van der Waals surface area contributed by atoms with Crippen molar-refractivity contribution >= 4 is 17.3 Å². The Morgan fingerprint density at radius 3 is 2.40 bits per heavy atom. The minimum atomic E-state index is -0.136. The Morgan fingerprint density at radius 2 is 1.80 bits per heavy atom. The van der Waals surface area contributed by atoms with Gasteiger partial charge < -0.3 is 15.4 Å². The lowest BCUT2D eigenvalue weighted by Gasteiger charge is -2.11. The molecule has 0 unspecified atom stereocenters. The van der Waals surface area contributed by atoms with Crippen molar-refractivity contribution in [3.8, 4) is 5.75 Å². The molecule has 0 radical (unpaired) electrons. The maximum atomic E-state index is 12.3. The van der Waals surface area contributed by atoms with Crippen molar-refractivity contribution in [1.29, 1.82) is 0 Å². The van der Waals surface area contributed by atoms with E-state index in [0.29, 0.717) is 5.56 Å². The van der Waals surface area contributed by atoms with Crippen molar-refractivity contribution in [2.24, 2.45) is 0 Å². The zero-order valence-electron chi connectivity index (χ0n) is 11.9. The van der Waals surface area contributed by atoms with Crippen molar-refractivity contribution in [2.45, 2.75) is 6.92 Å². The largest absolute Gasteiger partial charge is 0.497 e. The molecule has 1 amide bonds. The molecule has 20 heavy (non-hydrogen) atoms. The summed E-state index contributed by atoms with van der Waals surface area (Å²) in [6, 6.07) is 13.0. The molecule has 104 valence electrons. The standard InChI is InChI=1S/C16H18N2O2/c1-11-4-9-15(17-2)14(10-11)16(19)18-12-5-7-13(20-3)8-6-12/h4-10,17H,1-3H3,(H,18,19). The van der Waals surface area contributed by atoms with Gasteiger partial charge in [0.1, 0.15) is 5.75 Å². The highest BCUT2D eigenvalue weighted by molar-refractivity contribution is 6.08. The van der Waals surface area contributed by atoms with E-state index < -0.39 is 0 Å². The van der Waals surface area contributed by atoms with Gasteiger partial charge in [-0.25, -0.2) is 0 Å². The van der Waals surface area contributed by atoms with Gasteiger partial charge in [0.25, 0.3) is 5.91 Å². The highest BCUT2D eigenvalue weighted by Crippen LogP contribution is 2.20. The monoisotopic (exact) mass is 270 g/mol. The summed E-state index contributed by atoms with van der Waals surface area (Å²) in [7, 11) is 3.41. The molecular weight excluding hydrogens is 252 g/mol. The Bertz CT molecular complexity index is 606. The molecule has 0 heterocycles. The smallest absolute Gasteiger partial charge is 0.257 e. The molecule has 0 saturated carbocycles. The average Bonchev–Trinajstić information content (AvgIpc) is 2.48. The number of ether oxygens (including phenoxy) is 1. The second-order valence-electron chi connectivity index (χ2n) is 4.48. The second-order valence-corrected chi connectivity index (χ2v) is 4.48. The zero-order chi connectivity index (χ0) is 14.5. The number of benzene rings is 2. The number of nitrogens with one attached hydrogen (secondary N) is 2. The molecule has 0 aliphatic rings. The van der Waals surface area contributed by atoms with Crippen LogP contribution in [-0.2, 0) is 0 Å². The van der Waals surface area contributed by atoms with Crippen LogP contribution in [0.5, 0.6) is 5.75 Å². The number of anilines is 2. The SMILES string of the molecule is CNc1ccc(C)cc1C(=O)Nc1ccc(OC)cc1. The Labute approximate surface area is 118 Å². The topological polar surface area (TPSA) is 50.4 Å². The molecule has 4 nitrogen and oxygen atoms in total. The average molecular weight is 270 g/mol. The van der Waals surface area contributed by atoms with Crippen LogP contribution in [0.1, 0.15) is 15.9 Å². The van der Waals surface area contributed by atoms with E-state index in [4.69, 9.17) is 4.74 Å². The Balaban J connectivity index is 2.20. The van der Waals surface area contributed by atoms with E-state index in [9.17, 15) is 4.79 Å². The summed E-state index contributed by atoms with van der Waals surface area (Å²) >= 11 is 0. The Morgan fingerprint density at radius 1 is 1.10 bits per heavy atom. The van der Waals surface area contributed by atoms with E-state index in [2.05, 4.69) is 10.6 Å². The van der Waals surface area contributed by atoms with Gasteiger partial charge in [-0.3, -0.25) is 4.79 Å². The van der Waals surface area contributed by atoms with Crippen LogP contribution in [0.2, 0.25) is 0 Å². The molecule has 0 aromatic heterocycles. The van der Waals surface area contributed by atoms with Crippen LogP contribution in [0.3, 0.4) is 0 Å². The maximum absolute atomic E-state index is 12.3. The quantitative estimate of drug-likeness (QED) is 0.896. The molecule has 2 aromatic rings. The number of methoxy groups -OCH3 is 1. The highest BCUT2D eigenvalue weighted by atomic mass is 16.5. The predicted molar refractivity (Wildman–Crippen MR) is 81.7 cm³/mol. The van der Waals surface area contributed by atoms with Crippen molar-refractivity contribution in [3.05, 3.63) is 53.6 Å². The molecule has 0 fully saturated rings. The molecule has 0 spiro atoms. The van der Waals surface area contributed by atoms with Gasteiger partial charge in [0.2, 0.25) is 0 Å². The van der Waals surface area contributed by atoms with E-state index in [1.165, 1.54) is 0 Å². The normalized spacial score (nSPS) is 9.95. The number of carbonyl (C=O) groups is 1. The first kappa shape index (κ1) is 13.9. The number of hydrogen-bond acceptors (Lipinski definition) is 3. The van der Waals surface area contributed by atoms with Crippen LogP contribution in [0.4, 0.5) is 11.4 Å². The highest BCUT2D eigenvalue weighted by Gasteiger charge is 2.11. The lowest BCUT2D eigenvalue weighted by Crippen LogP contribution is -2.14. The number of hydrogen-bond donors (Lipinski definition) is 2. The van der Waals surface area contributed by atoms with Gasteiger partial charge in [0, 0.05) is 18.4 Å². The van der Waals surface area contributed by atoms with E-state index in [-0.39, 0.29) is 5.91 Å². The third-order valence-corrected chi connectivity index (χ3v) is 3.04. The van der Waals surface area contributed by atoms with E-state index >= 15 is 0 Å². The van der Waals surface area contributed by atoms with Crippen LogP contribution in [0.25, 0.3) is 0 Å². The maximum Gasteiger partial charge on any atom is 0.257 e. The fourth-order valence-electron chi connectivity index (χ4n) is 1.94. The fourth-order valence-corrected chi connectivity index (χ4v) is 1.94. The van der Waals surface area contributed by atoms with Gasteiger partial charge >= 0.3 is 0 Å². The molecule has 0 saturated heterocycles. The van der Waals surface area contributed by atoms with Crippen LogP contribution in [-0.4, -0.2) is 20.1 Å². The van der Waals surface area contributed by atoms with Gasteiger partial charge in [-0.05, 0) is 43.3 Å². The third kappa shape index (κ3) is 3.09. The molecule has 0 aliphatic carbocycles. The summed E-state index contributed by atoms with van der Waals surface area (Å²) in [5.74, 6) is 0.623. The van der Waals surface area contributed by atoms with Crippen LogP contribution < -0.4 is 15.4 Å². The van der Waals surface area contributed by atoms with Crippen molar-refractivity contribution in [3.63, 3.8) is 0 Å². The summed E-state index contributed by atoms with van der Waals surface area (Å²) in [5.41, 5.74) is 3.22. The van der Waals surface area contributed by atoms with Gasteiger partial charge in [0.05, 0.1) is 12.7 Å². The first-order valence-corrected chi connectivity index (χ1v) is 6.38. The first-order chi connectivity index (χ1) is 9.63. The van der Waals surface area contributed by atoms with Gasteiger partial charge in [-0.1, -0.05) is 11.6 Å². The van der Waals surface area contributed by atoms with Crippen LogP contribution in [0, 0.1) is 6.92 Å². The number of amides is 1. The summed E-state index contributed by atoms with van der Waals surface area (Å²) in [4.78, 5) is 12.3. The molecule has 2 rings (SSSR count). The summed E-state index contributed by atoms with van der Waals surface area (Å²) in [6.07, 6.45) is 0. The molecular formula is C16H18N2O2. The predicted octanol–water partition coefficient (Wildman–Crippen LogP) is 3.30. The van der Waals surface area contributed by atoms with Gasteiger partial charge in [-0.2, -0.15) is 0 Å². The lowest BCUT2D eigenvalue weighted by molar-refractivity contribution is 0.102. The summed E-state index contributed by atoms with van der Waals surface area (Å²) in [5, 5.41) is 5.90. The Kier molecular flexibility index (Phi) is 4.25.